The molecule has 5 heteroatoms. The van der Waals surface area contributed by atoms with Gasteiger partial charge in [0.05, 0.1) is 6.26 Å². The Kier molecular flexibility index (Phi) is 2.37. The lowest BCUT2D eigenvalue weighted by Crippen LogP contribution is -2.06. The molecule has 5 nitrogen and oxygen atoms in total. The maximum absolute atomic E-state index is 11.7. The molecule has 0 N–H and O–H groups in total. The molecule has 0 aliphatic carbocycles. The van der Waals surface area contributed by atoms with Gasteiger partial charge in [-0.25, -0.2) is 9.78 Å². The van der Waals surface area contributed by atoms with Crippen LogP contribution in [0.25, 0.3) is 11.1 Å². The van der Waals surface area contributed by atoms with Gasteiger partial charge in [0.15, 0.2) is 11.5 Å². The fraction of sp³-hybridized carbons (Fsp3) is 0.0769. The number of ether oxygens (including phenoxy) is 1. The van der Waals surface area contributed by atoms with Crippen molar-refractivity contribution in [1.29, 1.82) is 0 Å². The molecule has 90 valence electrons. The van der Waals surface area contributed by atoms with E-state index < -0.39 is 5.97 Å². The Morgan fingerprint density at radius 1 is 1.33 bits per heavy atom. The van der Waals surface area contributed by atoms with Crippen molar-refractivity contribution in [3.05, 3.63) is 48.2 Å². The molecule has 0 aliphatic heterocycles. The van der Waals surface area contributed by atoms with Crippen molar-refractivity contribution < 1.29 is 18.4 Å². The second kappa shape index (κ2) is 4.03. The van der Waals surface area contributed by atoms with Crippen molar-refractivity contribution in [3.63, 3.8) is 0 Å². The SMILES string of the molecule is Cc1nc2ccc(OC(=O)c3ccco3)cc2o1. The van der Waals surface area contributed by atoms with E-state index >= 15 is 0 Å². The fourth-order valence-corrected chi connectivity index (χ4v) is 1.64. The third-order valence-electron chi connectivity index (χ3n) is 2.40. The molecule has 0 saturated carbocycles. The van der Waals surface area contributed by atoms with Gasteiger partial charge in [-0.15, -0.1) is 0 Å². The van der Waals surface area contributed by atoms with E-state index in [4.69, 9.17) is 13.6 Å². The maximum Gasteiger partial charge on any atom is 0.379 e. The molecule has 3 rings (SSSR count). The average molecular weight is 243 g/mol. The summed E-state index contributed by atoms with van der Waals surface area (Å²) in [4.78, 5) is 15.8. The Hall–Kier alpha value is -2.56. The van der Waals surface area contributed by atoms with E-state index in [2.05, 4.69) is 4.98 Å². The number of aromatic nitrogens is 1. The minimum atomic E-state index is -0.546. The van der Waals surface area contributed by atoms with Crippen LogP contribution in [0.4, 0.5) is 0 Å². The molecule has 1 aromatic carbocycles. The quantitative estimate of drug-likeness (QED) is 0.511. The molecule has 0 bridgehead atoms. The summed E-state index contributed by atoms with van der Waals surface area (Å²) in [6.07, 6.45) is 1.42. The van der Waals surface area contributed by atoms with E-state index in [1.807, 2.05) is 0 Å². The standard InChI is InChI=1S/C13H9NO4/c1-8-14-10-5-4-9(7-12(10)17-8)18-13(15)11-3-2-6-16-11/h2-7H,1H3. The van der Waals surface area contributed by atoms with Gasteiger partial charge in [0.1, 0.15) is 11.3 Å². The Morgan fingerprint density at radius 3 is 3.00 bits per heavy atom. The Morgan fingerprint density at radius 2 is 2.22 bits per heavy atom. The molecule has 2 heterocycles. The van der Waals surface area contributed by atoms with Crippen LogP contribution >= 0.6 is 0 Å². The van der Waals surface area contributed by atoms with Gasteiger partial charge in [-0.05, 0) is 24.3 Å². The largest absolute Gasteiger partial charge is 0.457 e. The number of hydrogen-bond acceptors (Lipinski definition) is 5. The molecule has 18 heavy (non-hydrogen) atoms. The van der Waals surface area contributed by atoms with Gasteiger partial charge in [-0.1, -0.05) is 0 Å². The Bertz CT molecular complexity index is 697. The van der Waals surface area contributed by atoms with Crippen LogP contribution in [0.2, 0.25) is 0 Å². The number of aryl methyl sites for hydroxylation is 1. The third kappa shape index (κ3) is 1.86. The summed E-state index contributed by atoms with van der Waals surface area (Å²) in [5, 5.41) is 0. The lowest BCUT2D eigenvalue weighted by Gasteiger charge is -2.00. The first-order valence-electron chi connectivity index (χ1n) is 5.35. The van der Waals surface area contributed by atoms with Gasteiger partial charge in [-0.3, -0.25) is 0 Å². The number of carbonyl (C=O) groups is 1. The van der Waals surface area contributed by atoms with Crippen LogP contribution in [0.15, 0.2) is 45.4 Å². The molecule has 0 radical (unpaired) electrons. The lowest BCUT2D eigenvalue weighted by atomic mass is 10.3. The van der Waals surface area contributed by atoms with Crippen molar-refractivity contribution in [1.82, 2.24) is 4.98 Å². The van der Waals surface area contributed by atoms with Crippen LogP contribution in [0, 0.1) is 6.92 Å². The van der Waals surface area contributed by atoms with E-state index in [1.54, 1.807) is 37.3 Å². The minimum Gasteiger partial charge on any atom is -0.457 e. The molecule has 0 amide bonds. The summed E-state index contributed by atoms with van der Waals surface area (Å²) in [7, 11) is 0. The van der Waals surface area contributed by atoms with E-state index in [1.165, 1.54) is 6.26 Å². The summed E-state index contributed by atoms with van der Waals surface area (Å²) in [6.45, 7) is 1.76. The summed E-state index contributed by atoms with van der Waals surface area (Å²) in [5.74, 6) is 0.569. The van der Waals surface area contributed by atoms with Gasteiger partial charge in [-0.2, -0.15) is 0 Å². The number of esters is 1. The van der Waals surface area contributed by atoms with Crippen LogP contribution in [0.1, 0.15) is 16.4 Å². The van der Waals surface area contributed by atoms with Crippen molar-refractivity contribution in [3.8, 4) is 5.75 Å². The zero-order valence-electron chi connectivity index (χ0n) is 9.54. The summed E-state index contributed by atoms with van der Waals surface area (Å²) >= 11 is 0. The molecule has 0 saturated heterocycles. The molecule has 0 aliphatic rings. The van der Waals surface area contributed by atoms with E-state index in [-0.39, 0.29) is 5.76 Å². The van der Waals surface area contributed by atoms with Crippen LogP contribution < -0.4 is 4.74 Å². The summed E-state index contributed by atoms with van der Waals surface area (Å²) in [6, 6.07) is 8.18. The maximum atomic E-state index is 11.7. The van der Waals surface area contributed by atoms with Crippen molar-refractivity contribution in [2.24, 2.45) is 0 Å². The number of furan rings is 1. The molecule has 0 unspecified atom stereocenters. The second-order valence-corrected chi connectivity index (χ2v) is 3.73. The van der Waals surface area contributed by atoms with E-state index in [0.29, 0.717) is 17.2 Å². The van der Waals surface area contributed by atoms with E-state index in [9.17, 15) is 4.79 Å². The first-order chi connectivity index (χ1) is 8.72. The Labute approximate surface area is 102 Å². The van der Waals surface area contributed by atoms with Crippen LogP contribution in [0.5, 0.6) is 5.75 Å². The average Bonchev–Trinajstić information content (AvgIpc) is 2.95. The van der Waals surface area contributed by atoms with Crippen LogP contribution in [0.3, 0.4) is 0 Å². The molecule has 0 fully saturated rings. The van der Waals surface area contributed by atoms with E-state index in [0.717, 1.165) is 5.52 Å². The minimum absolute atomic E-state index is 0.156. The first kappa shape index (κ1) is 10.6. The highest BCUT2D eigenvalue weighted by Crippen LogP contribution is 2.22. The zero-order chi connectivity index (χ0) is 12.5. The van der Waals surface area contributed by atoms with Crippen LogP contribution in [-0.2, 0) is 0 Å². The Balaban J connectivity index is 1.88. The normalized spacial score (nSPS) is 10.7. The highest BCUT2D eigenvalue weighted by atomic mass is 16.5. The number of nitrogens with zero attached hydrogens (tertiary/aromatic N) is 1. The molecular weight excluding hydrogens is 234 g/mol. The molecule has 0 atom stereocenters. The van der Waals surface area contributed by atoms with Crippen LogP contribution in [-0.4, -0.2) is 11.0 Å². The van der Waals surface area contributed by atoms with Crippen molar-refractivity contribution >= 4 is 17.1 Å². The zero-order valence-corrected chi connectivity index (χ0v) is 9.54. The second-order valence-electron chi connectivity index (χ2n) is 3.73. The molecule has 3 aromatic rings. The van der Waals surface area contributed by atoms with Crippen molar-refractivity contribution in [2.45, 2.75) is 6.92 Å². The first-order valence-corrected chi connectivity index (χ1v) is 5.35. The number of fused-ring (bicyclic) bond motifs is 1. The topological polar surface area (TPSA) is 65.5 Å². The number of benzene rings is 1. The molecular formula is C13H9NO4. The van der Waals surface area contributed by atoms with Gasteiger partial charge in [0.2, 0.25) is 5.76 Å². The number of rotatable bonds is 2. The summed E-state index contributed by atoms with van der Waals surface area (Å²) in [5.41, 5.74) is 1.31. The number of hydrogen-bond donors (Lipinski definition) is 0. The fourth-order valence-electron chi connectivity index (χ4n) is 1.64. The highest BCUT2D eigenvalue weighted by Gasteiger charge is 2.12. The predicted octanol–water partition coefficient (Wildman–Crippen LogP) is 2.95. The lowest BCUT2D eigenvalue weighted by molar-refractivity contribution is 0.0701. The smallest absolute Gasteiger partial charge is 0.379 e. The van der Waals surface area contributed by atoms with Gasteiger partial charge in [0, 0.05) is 13.0 Å². The summed E-state index contributed by atoms with van der Waals surface area (Å²) < 4.78 is 15.5. The van der Waals surface area contributed by atoms with Gasteiger partial charge >= 0.3 is 5.97 Å². The monoisotopic (exact) mass is 243 g/mol. The number of oxazole rings is 1. The van der Waals surface area contributed by atoms with Gasteiger partial charge in [0.25, 0.3) is 0 Å². The predicted molar refractivity (Wildman–Crippen MR) is 62.4 cm³/mol. The highest BCUT2D eigenvalue weighted by molar-refractivity contribution is 5.88. The molecule has 2 aromatic heterocycles. The van der Waals surface area contributed by atoms with Crippen molar-refractivity contribution in [2.75, 3.05) is 0 Å². The third-order valence-corrected chi connectivity index (χ3v) is 2.40. The number of carbonyl (C=O) groups excluding carboxylic acids is 1. The van der Waals surface area contributed by atoms with Gasteiger partial charge < -0.3 is 13.6 Å². The molecule has 0 spiro atoms.